The average Bonchev–Trinajstić information content (AvgIpc) is 2.83. The SMILES string of the molecule is NC1CCCC1N1CCc2ccccc21. The van der Waals surface area contributed by atoms with Gasteiger partial charge in [-0.25, -0.2) is 0 Å². The maximum Gasteiger partial charge on any atom is 0.0441 e. The molecular formula is C13H18N2. The molecule has 3 rings (SSSR count). The second-order valence-corrected chi connectivity index (χ2v) is 4.73. The van der Waals surface area contributed by atoms with Gasteiger partial charge in [0.15, 0.2) is 0 Å². The third kappa shape index (κ3) is 1.44. The molecule has 2 heteroatoms. The minimum atomic E-state index is 0.385. The topological polar surface area (TPSA) is 29.3 Å². The van der Waals surface area contributed by atoms with Gasteiger partial charge in [-0.2, -0.15) is 0 Å². The summed E-state index contributed by atoms with van der Waals surface area (Å²) in [5.74, 6) is 0. The van der Waals surface area contributed by atoms with Crippen LogP contribution in [-0.4, -0.2) is 18.6 Å². The fourth-order valence-electron chi connectivity index (χ4n) is 3.06. The lowest BCUT2D eigenvalue weighted by Crippen LogP contribution is -2.43. The number of para-hydroxylation sites is 1. The van der Waals surface area contributed by atoms with Gasteiger partial charge in [-0.3, -0.25) is 0 Å². The Balaban J connectivity index is 1.90. The molecular weight excluding hydrogens is 184 g/mol. The van der Waals surface area contributed by atoms with E-state index in [0.717, 1.165) is 6.54 Å². The Morgan fingerprint density at radius 3 is 2.87 bits per heavy atom. The van der Waals surface area contributed by atoms with Gasteiger partial charge < -0.3 is 10.6 Å². The molecule has 2 nitrogen and oxygen atoms in total. The van der Waals surface area contributed by atoms with E-state index in [1.54, 1.807) is 0 Å². The molecule has 1 saturated carbocycles. The van der Waals surface area contributed by atoms with Crippen molar-refractivity contribution in [3.05, 3.63) is 29.8 Å². The van der Waals surface area contributed by atoms with Crippen molar-refractivity contribution >= 4 is 5.69 Å². The molecule has 15 heavy (non-hydrogen) atoms. The fraction of sp³-hybridized carbons (Fsp3) is 0.538. The van der Waals surface area contributed by atoms with E-state index in [0.29, 0.717) is 12.1 Å². The minimum absolute atomic E-state index is 0.385. The summed E-state index contributed by atoms with van der Waals surface area (Å²) < 4.78 is 0. The number of nitrogens with two attached hydrogens (primary N) is 1. The highest BCUT2D eigenvalue weighted by atomic mass is 15.2. The van der Waals surface area contributed by atoms with E-state index in [1.165, 1.54) is 36.9 Å². The summed E-state index contributed by atoms with van der Waals surface area (Å²) in [6.45, 7) is 1.16. The predicted molar refractivity (Wildman–Crippen MR) is 63.1 cm³/mol. The van der Waals surface area contributed by atoms with Gasteiger partial charge in [0.1, 0.15) is 0 Å². The molecule has 1 heterocycles. The molecule has 1 aliphatic carbocycles. The second-order valence-electron chi connectivity index (χ2n) is 4.73. The number of hydrogen-bond donors (Lipinski definition) is 1. The quantitative estimate of drug-likeness (QED) is 0.754. The van der Waals surface area contributed by atoms with E-state index in [1.807, 2.05) is 0 Å². The van der Waals surface area contributed by atoms with Crippen molar-refractivity contribution in [3.63, 3.8) is 0 Å². The lowest BCUT2D eigenvalue weighted by atomic mass is 10.1. The largest absolute Gasteiger partial charge is 0.366 e. The zero-order chi connectivity index (χ0) is 10.3. The maximum atomic E-state index is 6.17. The van der Waals surface area contributed by atoms with Crippen LogP contribution in [0.15, 0.2) is 24.3 Å². The summed E-state index contributed by atoms with van der Waals surface area (Å²) in [5.41, 5.74) is 9.10. The Morgan fingerprint density at radius 2 is 2.07 bits per heavy atom. The molecule has 0 spiro atoms. The van der Waals surface area contributed by atoms with Crippen LogP contribution in [0.1, 0.15) is 24.8 Å². The number of anilines is 1. The van der Waals surface area contributed by atoms with Gasteiger partial charge >= 0.3 is 0 Å². The zero-order valence-corrected chi connectivity index (χ0v) is 9.02. The summed E-state index contributed by atoms with van der Waals surface area (Å²) >= 11 is 0. The van der Waals surface area contributed by atoms with Crippen molar-refractivity contribution in [2.45, 2.75) is 37.8 Å². The molecule has 0 radical (unpaired) electrons. The number of benzene rings is 1. The van der Waals surface area contributed by atoms with Crippen LogP contribution in [0.4, 0.5) is 5.69 Å². The molecule has 1 aromatic carbocycles. The highest BCUT2D eigenvalue weighted by Gasteiger charge is 2.32. The molecule has 2 unspecified atom stereocenters. The van der Waals surface area contributed by atoms with Crippen LogP contribution in [0.25, 0.3) is 0 Å². The van der Waals surface area contributed by atoms with Gasteiger partial charge in [0.2, 0.25) is 0 Å². The van der Waals surface area contributed by atoms with E-state index in [4.69, 9.17) is 5.73 Å². The highest BCUT2D eigenvalue weighted by Crippen LogP contribution is 2.34. The average molecular weight is 202 g/mol. The Bertz CT molecular complexity index is 361. The number of nitrogens with zero attached hydrogens (tertiary/aromatic N) is 1. The standard InChI is InChI=1S/C13H18N2/c14-11-5-3-7-13(11)15-9-8-10-4-1-2-6-12(10)15/h1-2,4,6,11,13H,3,5,7-9,14H2. The molecule has 1 fully saturated rings. The lowest BCUT2D eigenvalue weighted by Gasteiger charge is -2.30. The van der Waals surface area contributed by atoms with Crippen molar-refractivity contribution in [1.29, 1.82) is 0 Å². The number of rotatable bonds is 1. The summed E-state index contributed by atoms with van der Waals surface area (Å²) in [6.07, 6.45) is 4.96. The van der Waals surface area contributed by atoms with Gasteiger partial charge in [0.05, 0.1) is 0 Å². The first-order chi connectivity index (χ1) is 7.36. The van der Waals surface area contributed by atoms with Crippen LogP contribution in [0, 0.1) is 0 Å². The molecule has 2 atom stereocenters. The Kier molecular flexibility index (Phi) is 2.17. The van der Waals surface area contributed by atoms with E-state index >= 15 is 0 Å². The first kappa shape index (κ1) is 9.22. The third-order valence-electron chi connectivity index (χ3n) is 3.85. The molecule has 80 valence electrons. The first-order valence-electron chi connectivity index (χ1n) is 5.96. The smallest absolute Gasteiger partial charge is 0.0441 e. The van der Waals surface area contributed by atoms with Gasteiger partial charge in [0, 0.05) is 24.3 Å². The summed E-state index contributed by atoms with van der Waals surface area (Å²) in [6, 6.07) is 9.74. The van der Waals surface area contributed by atoms with Gasteiger partial charge in [0.25, 0.3) is 0 Å². The van der Waals surface area contributed by atoms with E-state index in [2.05, 4.69) is 29.2 Å². The summed E-state index contributed by atoms with van der Waals surface area (Å²) in [4.78, 5) is 2.53. The highest BCUT2D eigenvalue weighted by molar-refractivity contribution is 5.59. The van der Waals surface area contributed by atoms with Crippen LogP contribution >= 0.6 is 0 Å². The van der Waals surface area contributed by atoms with Crippen LogP contribution < -0.4 is 10.6 Å². The van der Waals surface area contributed by atoms with Gasteiger partial charge in [-0.1, -0.05) is 18.2 Å². The predicted octanol–water partition coefficient (Wildman–Crippen LogP) is 1.93. The number of hydrogen-bond acceptors (Lipinski definition) is 2. The molecule has 1 aromatic rings. The molecule has 0 amide bonds. The minimum Gasteiger partial charge on any atom is -0.366 e. The van der Waals surface area contributed by atoms with Crippen molar-refractivity contribution in [2.75, 3.05) is 11.4 Å². The van der Waals surface area contributed by atoms with Crippen LogP contribution in [0.3, 0.4) is 0 Å². The van der Waals surface area contributed by atoms with Crippen LogP contribution in [0.5, 0.6) is 0 Å². The Morgan fingerprint density at radius 1 is 1.20 bits per heavy atom. The molecule has 0 aromatic heterocycles. The van der Waals surface area contributed by atoms with E-state index in [9.17, 15) is 0 Å². The van der Waals surface area contributed by atoms with Gasteiger partial charge in [-0.15, -0.1) is 0 Å². The van der Waals surface area contributed by atoms with Crippen molar-refractivity contribution in [1.82, 2.24) is 0 Å². The monoisotopic (exact) mass is 202 g/mol. The normalized spacial score (nSPS) is 29.5. The van der Waals surface area contributed by atoms with Crippen molar-refractivity contribution in [3.8, 4) is 0 Å². The molecule has 0 bridgehead atoms. The van der Waals surface area contributed by atoms with Crippen LogP contribution in [0.2, 0.25) is 0 Å². The Labute approximate surface area is 91.1 Å². The molecule has 1 aliphatic heterocycles. The Hall–Kier alpha value is -1.02. The van der Waals surface area contributed by atoms with E-state index < -0.39 is 0 Å². The second kappa shape index (κ2) is 3.53. The summed E-state index contributed by atoms with van der Waals surface area (Å²) in [5, 5.41) is 0. The van der Waals surface area contributed by atoms with Crippen molar-refractivity contribution < 1.29 is 0 Å². The third-order valence-corrected chi connectivity index (χ3v) is 3.85. The van der Waals surface area contributed by atoms with Gasteiger partial charge in [-0.05, 0) is 37.3 Å². The maximum absolute atomic E-state index is 6.17. The summed E-state index contributed by atoms with van der Waals surface area (Å²) in [7, 11) is 0. The lowest BCUT2D eigenvalue weighted by molar-refractivity contribution is 0.555. The molecule has 2 aliphatic rings. The number of fused-ring (bicyclic) bond motifs is 1. The molecule has 0 saturated heterocycles. The molecule has 2 N–H and O–H groups in total. The zero-order valence-electron chi connectivity index (χ0n) is 9.02. The van der Waals surface area contributed by atoms with Crippen molar-refractivity contribution in [2.24, 2.45) is 5.73 Å². The van der Waals surface area contributed by atoms with Crippen LogP contribution in [-0.2, 0) is 6.42 Å². The first-order valence-corrected chi connectivity index (χ1v) is 5.96. The fourth-order valence-corrected chi connectivity index (χ4v) is 3.06. The van der Waals surface area contributed by atoms with E-state index in [-0.39, 0.29) is 0 Å².